The molecule has 11 heteroatoms. The lowest BCUT2D eigenvalue weighted by molar-refractivity contribution is 0.0695. The summed E-state index contributed by atoms with van der Waals surface area (Å²) in [5, 5.41) is 18.1. The van der Waals surface area contributed by atoms with Gasteiger partial charge in [0.1, 0.15) is 17.2 Å². The van der Waals surface area contributed by atoms with Crippen LogP contribution in [0, 0.1) is 17.5 Å². The number of hydrogen-bond donors (Lipinski definition) is 2. The van der Waals surface area contributed by atoms with Crippen molar-refractivity contribution >= 4 is 22.8 Å². The van der Waals surface area contributed by atoms with Gasteiger partial charge in [0, 0.05) is 45.0 Å². The Bertz CT molecular complexity index is 1260. The highest BCUT2D eigenvalue weighted by molar-refractivity contribution is 5.92. The Morgan fingerprint density at radius 3 is 2.41 bits per heavy atom. The first-order chi connectivity index (χ1) is 15.3. The molecule has 0 amide bonds. The maximum atomic E-state index is 15.0. The second kappa shape index (κ2) is 8.60. The number of nitrogens with zero attached hydrogens (tertiary/aromatic N) is 4. The SMILES string of the molecule is O=C(O)c1cn(-c2ccc(F)cc2F)c2nc(N3CCN(CCO)CC3)c(F)cc2c1=O. The molecule has 2 N–H and O–H groups in total. The average molecular weight is 448 g/mol. The molecule has 8 nitrogen and oxygen atoms in total. The predicted molar refractivity (Wildman–Crippen MR) is 110 cm³/mol. The standard InChI is InChI=1S/C21H19F3N4O4/c22-12-1-2-17(15(23)9-12)28-11-14(21(31)32)18(30)13-10-16(24)20(25-19(13)28)27-5-3-26(4-6-27)7-8-29/h1-2,9-11,29H,3-8H2,(H,31,32). The van der Waals surface area contributed by atoms with Crippen molar-refractivity contribution in [2.24, 2.45) is 0 Å². The number of aliphatic hydroxyl groups is 1. The number of fused-ring (bicyclic) bond motifs is 1. The number of piperazine rings is 1. The van der Waals surface area contributed by atoms with Crippen LogP contribution in [0.15, 0.2) is 35.3 Å². The summed E-state index contributed by atoms with van der Waals surface area (Å²) in [6.07, 6.45) is 0.900. The molecule has 3 heterocycles. The van der Waals surface area contributed by atoms with Gasteiger partial charge in [0.25, 0.3) is 0 Å². The van der Waals surface area contributed by atoms with Crippen LogP contribution in [-0.2, 0) is 0 Å². The Morgan fingerprint density at radius 1 is 1.06 bits per heavy atom. The van der Waals surface area contributed by atoms with E-state index in [9.17, 15) is 27.9 Å². The minimum absolute atomic E-state index is 0.00398. The number of pyridine rings is 2. The van der Waals surface area contributed by atoms with E-state index in [0.29, 0.717) is 38.8 Å². The molecule has 0 spiro atoms. The molecular formula is C21H19F3N4O4. The van der Waals surface area contributed by atoms with Crippen molar-refractivity contribution in [2.75, 3.05) is 44.2 Å². The molecule has 0 unspecified atom stereocenters. The number of anilines is 1. The van der Waals surface area contributed by atoms with Gasteiger partial charge in [-0.25, -0.2) is 22.9 Å². The molecule has 1 aliphatic rings. The number of halogens is 3. The first kappa shape index (κ1) is 21.8. The summed E-state index contributed by atoms with van der Waals surface area (Å²) in [5.74, 6) is -4.30. The Kier molecular flexibility index (Phi) is 5.85. The molecule has 0 radical (unpaired) electrons. The molecule has 32 heavy (non-hydrogen) atoms. The Hall–Kier alpha value is -3.44. The van der Waals surface area contributed by atoms with Crippen LogP contribution in [0.3, 0.4) is 0 Å². The summed E-state index contributed by atoms with van der Waals surface area (Å²) < 4.78 is 43.9. The average Bonchev–Trinajstić information content (AvgIpc) is 2.75. The maximum absolute atomic E-state index is 15.0. The van der Waals surface area contributed by atoms with Gasteiger partial charge >= 0.3 is 5.97 Å². The molecule has 3 aromatic rings. The fourth-order valence-corrected chi connectivity index (χ4v) is 3.77. The van der Waals surface area contributed by atoms with E-state index in [-0.39, 0.29) is 29.1 Å². The van der Waals surface area contributed by atoms with E-state index in [1.165, 1.54) is 0 Å². The van der Waals surface area contributed by atoms with Gasteiger partial charge in [-0.15, -0.1) is 0 Å². The number of aromatic carboxylic acids is 1. The molecule has 168 valence electrons. The molecule has 1 fully saturated rings. The second-order valence-corrected chi connectivity index (χ2v) is 7.36. The number of hydrogen-bond acceptors (Lipinski definition) is 6. The highest BCUT2D eigenvalue weighted by atomic mass is 19.1. The van der Waals surface area contributed by atoms with Crippen molar-refractivity contribution < 1.29 is 28.2 Å². The Labute approximate surface area is 179 Å². The summed E-state index contributed by atoms with van der Waals surface area (Å²) in [4.78, 5) is 32.1. The minimum atomic E-state index is -1.57. The van der Waals surface area contributed by atoms with Gasteiger partial charge in [0.05, 0.1) is 17.7 Å². The molecular weight excluding hydrogens is 429 g/mol. The number of β-amino-alcohol motifs (C(OH)–C–C–N with tert-alkyl or cyclic N) is 1. The summed E-state index contributed by atoms with van der Waals surface area (Å²) >= 11 is 0. The third kappa shape index (κ3) is 3.92. The quantitative estimate of drug-likeness (QED) is 0.612. The van der Waals surface area contributed by atoms with Gasteiger partial charge in [-0.05, 0) is 18.2 Å². The van der Waals surface area contributed by atoms with Crippen molar-refractivity contribution in [2.45, 2.75) is 0 Å². The van der Waals surface area contributed by atoms with Gasteiger partial charge in [0.15, 0.2) is 17.3 Å². The predicted octanol–water partition coefficient (Wildman–Crippen LogP) is 1.62. The lowest BCUT2D eigenvalue weighted by Gasteiger charge is -2.35. The van der Waals surface area contributed by atoms with E-state index in [1.807, 2.05) is 4.90 Å². The smallest absolute Gasteiger partial charge is 0.341 e. The van der Waals surface area contributed by atoms with Crippen LogP contribution in [0.4, 0.5) is 19.0 Å². The van der Waals surface area contributed by atoms with Crippen molar-refractivity contribution in [3.8, 4) is 5.69 Å². The first-order valence-electron chi connectivity index (χ1n) is 9.83. The fourth-order valence-electron chi connectivity index (χ4n) is 3.77. The number of carboxylic acids is 1. The first-order valence-corrected chi connectivity index (χ1v) is 9.83. The van der Waals surface area contributed by atoms with Crippen LogP contribution in [0.1, 0.15) is 10.4 Å². The molecule has 1 aliphatic heterocycles. The van der Waals surface area contributed by atoms with Gasteiger partial charge in [0.2, 0.25) is 5.43 Å². The number of rotatable bonds is 5. The minimum Gasteiger partial charge on any atom is -0.477 e. The van der Waals surface area contributed by atoms with Gasteiger partial charge in [-0.3, -0.25) is 14.3 Å². The Morgan fingerprint density at radius 2 is 1.78 bits per heavy atom. The Balaban J connectivity index is 1.90. The van der Waals surface area contributed by atoms with Crippen LogP contribution in [0.2, 0.25) is 0 Å². The van der Waals surface area contributed by atoms with E-state index >= 15 is 0 Å². The van der Waals surface area contributed by atoms with Gasteiger partial charge < -0.3 is 15.1 Å². The van der Waals surface area contributed by atoms with Crippen LogP contribution >= 0.6 is 0 Å². The van der Waals surface area contributed by atoms with E-state index in [0.717, 1.165) is 29.0 Å². The van der Waals surface area contributed by atoms with E-state index < -0.39 is 34.4 Å². The molecule has 1 aromatic carbocycles. The molecule has 0 bridgehead atoms. The summed E-state index contributed by atoms with van der Waals surface area (Å²) in [6.45, 7) is 2.40. The zero-order valence-corrected chi connectivity index (χ0v) is 16.8. The van der Waals surface area contributed by atoms with Crippen molar-refractivity contribution in [1.82, 2.24) is 14.5 Å². The molecule has 1 saturated heterocycles. The maximum Gasteiger partial charge on any atom is 0.341 e. The normalized spacial score (nSPS) is 14.8. The zero-order chi connectivity index (χ0) is 23.0. The summed E-state index contributed by atoms with van der Waals surface area (Å²) in [7, 11) is 0. The van der Waals surface area contributed by atoms with Crippen molar-refractivity contribution in [1.29, 1.82) is 0 Å². The summed E-state index contributed by atoms with van der Waals surface area (Å²) in [5.41, 5.74) is -2.05. The highest BCUT2D eigenvalue weighted by Gasteiger charge is 2.24. The van der Waals surface area contributed by atoms with Crippen LogP contribution in [0.5, 0.6) is 0 Å². The highest BCUT2D eigenvalue weighted by Crippen LogP contribution is 2.25. The van der Waals surface area contributed by atoms with Crippen molar-refractivity contribution in [3.63, 3.8) is 0 Å². The number of aliphatic hydroxyl groups excluding tert-OH is 1. The van der Waals surface area contributed by atoms with E-state index in [4.69, 9.17) is 5.11 Å². The zero-order valence-electron chi connectivity index (χ0n) is 16.8. The third-order valence-corrected chi connectivity index (χ3v) is 5.40. The lowest BCUT2D eigenvalue weighted by atomic mass is 10.1. The largest absolute Gasteiger partial charge is 0.477 e. The monoisotopic (exact) mass is 448 g/mol. The van der Waals surface area contributed by atoms with Crippen LogP contribution in [0.25, 0.3) is 16.7 Å². The number of carbonyl (C=O) groups is 1. The van der Waals surface area contributed by atoms with Crippen LogP contribution < -0.4 is 10.3 Å². The molecule has 0 aliphatic carbocycles. The third-order valence-electron chi connectivity index (χ3n) is 5.40. The van der Waals surface area contributed by atoms with Gasteiger partial charge in [-0.1, -0.05) is 0 Å². The molecule has 4 rings (SSSR count). The van der Waals surface area contributed by atoms with Crippen LogP contribution in [-0.4, -0.2) is 70.0 Å². The van der Waals surface area contributed by atoms with E-state index in [1.54, 1.807) is 4.90 Å². The number of carboxylic acid groups (broad SMARTS) is 1. The van der Waals surface area contributed by atoms with Gasteiger partial charge in [-0.2, -0.15) is 0 Å². The fraction of sp³-hybridized carbons (Fsp3) is 0.286. The number of benzene rings is 1. The topological polar surface area (TPSA) is 98.9 Å². The van der Waals surface area contributed by atoms with E-state index in [2.05, 4.69) is 4.98 Å². The van der Waals surface area contributed by atoms with Crippen molar-refractivity contribution in [3.05, 3.63) is 63.7 Å². The molecule has 2 aromatic heterocycles. The molecule has 0 atom stereocenters. The summed E-state index contributed by atoms with van der Waals surface area (Å²) in [6, 6.07) is 3.57. The lowest BCUT2D eigenvalue weighted by Crippen LogP contribution is -2.47. The number of aromatic nitrogens is 2. The molecule has 0 saturated carbocycles. The second-order valence-electron chi connectivity index (χ2n) is 7.36.